The average Bonchev–Trinajstić information content (AvgIpc) is 2.91. The molecular formula is C13H22ClN. The molecule has 86 valence electrons. The van der Waals surface area contributed by atoms with E-state index < -0.39 is 0 Å². The van der Waals surface area contributed by atoms with E-state index in [1.807, 2.05) is 0 Å². The Balaban J connectivity index is 1.56. The minimum Gasteiger partial charge on any atom is -0.300 e. The van der Waals surface area contributed by atoms with Crippen LogP contribution in [0.5, 0.6) is 0 Å². The first-order valence-electron chi connectivity index (χ1n) is 6.67. The summed E-state index contributed by atoms with van der Waals surface area (Å²) in [6, 6.07) is 0.962. The zero-order chi connectivity index (χ0) is 10.3. The van der Waals surface area contributed by atoms with Crippen LogP contribution in [0.2, 0.25) is 0 Å². The fraction of sp³-hybridized carbons (Fsp3) is 1.00. The second kappa shape index (κ2) is 4.25. The van der Waals surface area contributed by atoms with E-state index in [1.54, 1.807) is 6.42 Å². The highest BCUT2D eigenvalue weighted by Crippen LogP contribution is 2.47. The fourth-order valence-electron chi connectivity index (χ4n) is 4.21. The Morgan fingerprint density at radius 3 is 2.73 bits per heavy atom. The van der Waals surface area contributed by atoms with Crippen LogP contribution in [0.25, 0.3) is 0 Å². The molecule has 0 aromatic rings. The van der Waals surface area contributed by atoms with E-state index >= 15 is 0 Å². The van der Waals surface area contributed by atoms with Gasteiger partial charge in [0.2, 0.25) is 0 Å². The monoisotopic (exact) mass is 227 g/mol. The van der Waals surface area contributed by atoms with Gasteiger partial charge < -0.3 is 0 Å². The summed E-state index contributed by atoms with van der Waals surface area (Å²) in [5.74, 6) is 3.91. The minimum atomic E-state index is 0.856. The SMILES string of the molecule is ClCCC1CCN(C2CC3CCC2C3)C1. The molecule has 1 nitrogen and oxygen atoms in total. The highest BCUT2D eigenvalue weighted by atomic mass is 35.5. The van der Waals surface area contributed by atoms with Gasteiger partial charge in [-0.15, -0.1) is 11.6 Å². The van der Waals surface area contributed by atoms with Gasteiger partial charge in [-0.2, -0.15) is 0 Å². The number of hydrogen-bond acceptors (Lipinski definition) is 1. The van der Waals surface area contributed by atoms with E-state index in [4.69, 9.17) is 11.6 Å². The third-order valence-electron chi connectivity index (χ3n) is 5.00. The van der Waals surface area contributed by atoms with Gasteiger partial charge in [0.15, 0.2) is 0 Å². The predicted molar refractivity (Wildman–Crippen MR) is 64.3 cm³/mol. The first-order valence-corrected chi connectivity index (χ1v) is 7.20. The van der Waals surface area contributed by atoms with Crippen molar-refractivity contribution >= 4 is 11.6 Å². The highest BCUT2D eigenvalue weighted by molar-refractivity contribution is 6.17. The van der Waals surface area contributed by atoms with Gasteiger partial charge in [0.05, 0.1) is 0 Å². The van der Waals surface area contributed by atoms with Crippen molar-refractivity contribution in [2.75, 3.05) is 19.0 Å². The maximum atomic E-state index is 5.83. The summed E-state index contributed by atoms with van der Waals surface area (Å²) in [6.07, 6.45) is 8.74. The maximum absolute atomic E-state index is 5.83. The van der Waals surface area contributed by atoms with Gasteiger partial charge in [0, 0.05) is 18.5 Å². The summed E-state index contributed by atoms with van der Waals surface area (Å²) in [5.41, 5.74) is 0. The van der Waals surface area contributed by atoms with Crippen LogP contribution in [-0.4, -0.2) is 29.9 Å². The quantitative estimate of drug-likeness (QED) is 0.670. The molecule has 2 aliphatic carbocycles. The molecule has 0 N–H and O–H groups in total. The zero-order valence-electron chi connectivity index (χ0n) is 9.50. The number of fused-ring (bicyclic) bond motifs is 2. The molecule has 4 atom stereocenters. The molecule has 0 radical (unpaired) electrons. The molecule has 2 heteroatoms. The standard InChI is InChI=1S/C13H22ClN/c14-5-3-10-4-6-15(9-10)13-8-11-1-2-12(13)7-11/h10-13H,1-9H2. The lowest BCUT2D eigenvalue weighted by Crippen LogP contribution is -2.37. The second-order valence-corrected chi connectivity index (χ2v) is 6.25. The van der Waals surface area contributed by atoms with Crippen LogP contribution in [0.1, 0.15) is 38.5 Å². The van der Waals surface area contributed by atoms with Gasteiger partial charge in [-0.1, -0.05) is 6.42 Å². The van der Waals surface area contributed by atoms with Crippen LogP contribution in [-0.2, 0) is 0 Å². The summed E-state index contributed by atoms with van der Waals surface area (Å²) < 4.78 is 0. The Kier molecular flexibility index (Phi) is 2.95. The lowest BCUT2D eigenvalue weighted by molar-refractivity contribution is 0.169. The van der Waals surface area contributed by atoms with Crippen molar-refractivity contribution < 1.29 is 0 Å². The maximum Gasteiger partial charge on any atom is 0.0226 e. The zero-order valence-corrected chi connectivity index (χ0v) is 10.3. The molecule has 3 aliphatic rings. The molecule has 3 rings (SSSR count). The molecule has 0 aromatic carbocycles. The van der Waals surface area contributed by atoms with Crippen molar-refractivity contribution in [2.45, 2.75) is 44.6 Å². The molecule has 0 amide bonds. The Morgan fingerprint density at radius 2 is 2.07 bits per heavy atom. The lowest BCUT2D eigenvalue weighted by atomic mass is 9.94. The first kappa shape index (κ1) is 10.4. The third-order valence-corrected chi connectivity index (χ3v) is 5.22. The van der Waals surface area contributed by atoms with Crippen LogP contribution >= 0.6 is 11.6 Å². The van der Waals surface area contributed by atoms with Crippen molar-refractivity contribution in [2.24, 2.45) is 17.8 Å². The van der Waals surface area contributed by atoms with Crippen molar-refractivity contribution in [1.82, 2.24) is 4.90 Å². The predicted octanol–water partition coefficient (Wildman–Crippen LogP) is 3.13. The topological polar surface area (TPSA) is 3.24 Å². The molecule has 3 fully saturated rings. The van der Waals surface area contributed by atoms with Crippen molar-refractivity contribution in [3.05, 3.63) is 0 Å². The number of halogens is 1. The van der Waals surface area contributed by atoms with Gasteiger partial charge in [-0.05, 0) is 56.4 Å². The molecule has 0 aromatic heterocycles. The first-order chi connectivity index (χ1) is 7.36. The summed E-state index contributed by atoms with van der Waals surface area (Å²) in [4.78, 5) is 2.79. The summed E-state index contributed by atoms with van der Waals surface area (Å²) in [6.45, 7) is 2.70. The highest BCUT2D eigenvalue weighted by Gasteiger charge is 2.43. The van der Waals surface area contributed by atoms with Crippen LogP contribution in [0.15, 0.2) is 0 Å². The largest absolute Gasteiger partial charge is 0.300 e. The van der Waals surface area contributed by atoms with E-state index in [-0.39, 0.29) is 0 Å². The number of hydrogen-bond donors (Lipinski definition) is 0. The second-order valence-electron chi connectivity index (χ2n) is 5.87. The van der Waals surface area contributed by atoms with Gasteiger partial charge in [-0.25, -0.2) is 0 Å². The smallest absolute Gasteiger partial charge is 0.0226 e. The van der Waals surface area contributed by atoms with Gasteiger partial charge >= 0.3 is 0 Å². The lowest BCUT2D eigenvalue weighted by Gasteiger charge is -2.31. The van der Waals surface area contributed by atoms with Crippen LogP contribution < -0.4 is 0 Å². The van der Waals surface area contributed by atoms with E-state index in [9.17, 15) is 0 Å². The molecule has 1 aliphatic heterocycles. The molecule has 1 heterocycles. The van der Waals surface area contributed by atoms with Crippen molar-refractivity contribution in [3.63, 3.8) is 0 Å². The molecular weight excluding hydrogens is 206 g/mol. The normalized spacial score (nSPS) is 45.4. The van der Waals surface area contributed by atoms with Gasteiger partial charge in [-0.3, -0.25) is 4.90 Å². The summed E-state index contributed by atoms with van der Waals surface area (Å²) in [5, 5.41) is 0. The molecule has 4 unspecified atom stereocenters. The van der Waals surface area contributed by atoms with Gasteiger partial charge in [0.25, 0.3) is 0 Å². The Hall–Kier alpha value is 0.250. The number of alkyl halides is 1. The molecule has 2 bridgehead atoms. The van der Waals surface area contributed by atoms with Crippen LogP contribution in [0, 0.1) is 17.8 Å². The third kappa shape index (κ3) is 1.93. The van der Waals surface area contributed by atoms with Crippen LogP contribution in [0.3, 0.4) is 0 Å². The number of nitrogens with zero attached hydrogens (tertiary/aromatic N) is 1. The van der Waals surface area contributed by atoms with Crippen molar-refractivity contribution in [3.8, 4) is 0 Å². The fourth-order valence-corrected chi connectivity index (χ4v) is 4.52. The Morgan fingerprint density at radius 1 is 1.13 bits per heavy atom. The average molecular weight is 228 g/mol. The van der Waals surface area contributed by atoms with Crippen molar-refractivity contribution in [1.29, 1.82) is 0 Å². The Bertz CT molecular complexity index is 231. The van der Waals surface area contributed by atoms with E-state index in [2.05, 4.69) is 4.90 Å². The Labute approximate surface area is 98.2 Å². The van der Waals surface area contributed by atoms with Crippen LogP contribution in [0.4, 0.5) is 0 Å². The van der Waals surface area contributed by atoms with E-state index in [0.29, 0.717) is 0 Å². The molecule has 1 saturated heterocycles. The molecule has 0 spiro atoms. The number of rotatable bonds is 3. The summed E-state index contributed by atoms with van der Waals surface area (Å²) >= 11 is 5.83. The molecule has 15 heavy (non-hydrogen) atoms. The van der Waals surface area contributed by atoms with Gasteiger partial charge in [0.1, 0.15) is 0 Å². The summed E-state index contributed by atoms with van der Waals surface area (Å²) in [7, 11) is 0. The number of likely N-dealkylation sites (tertiary alicyclic amines) is 1. The minimum absolute atomic E-state index is 0.856. The molecule has 2 saturated carbocycles. The van der Waals surface area contributed by atoms with E-state index in [1.165, 1.54) is 45.2 Å². The van der Waals surface area contributed by atoms with E-state index in [0.717, 1.165) is 29.7 Å².